The number of ketones is 1. The van der Waals surface area contributed by atoms with E-state index in [0.29, 0.717) is 5.56 Å². The van der Waals surface area contributed by atoms with E-state index >= 15 is 0 Å². The lowest BCUT2D eigenvalue weighted by molar-refractivity contribution is 0.0223. The molecule has 0 amide bonds. The fourth-order valence-corrected chi connectivity index (χ4v) is 3.42. The molecule has 0 unspecified atom stereocenters. The second-order valence-corrected chi connectivity index (χ2v) is 8.85. The number of terminal acetylenes is 2. The van der Waals surface area contributed by atoms with Crippen LogP contribution >= 0.6 is 0 Å². The molecule has 0 aliphatic carbocycles. The fraction of sp³-hybridized carbons (Fsp3) is 0.225. The summed E-state index contributed by atoms with van der Waals surface area (Å²) in [4.78, 5) is 39.2. The smallest absolute Gasteiger partial charge is 0.339 e. The third-order valence-electron chi connectivity index (χ3n) is 5.63. The molecule has 50 heavy (non-hydrogen) atoms. The number of hydrogen-bond acceptors (Lipinski definition) is 10. The molecule has 0 radical (unpaired) electrons. The lowest BCUT2D eigenvalue weighted by atomic mass is 9.98. The van der Waals surface area contributed by atoms with Gasteiger partial charge < -0.3 is 33.7 Å². The van der Waals surface area contributed by atoms with Crippen molar-refractivity contribution in [2.45, 2.75) is 0 Å². The largest absolute Gasteiger partial charge is 0.460 e. The summed E-state index contributed by atoms with van der Waals surface area (Å²) >= 11 is 0. The minimum atomic E-state index is -0.850. The average Bonchev–Trinajstić information content (AvgIpc) is 3.14. The van der Waals surface area contributed by atoms with Crippen LogP contribution in [0.5, 0.6) is 0 Å². The van der Waals surface area contributed by atoms with E-state index in [2.05, 4.69) is 88.6 Å². The zero-order chi connectivity index (χ0) is 36.1. The maximum absolute atomic E-state index is 13.2. The lowest BCUT2D eigenvalue weighted by Crippen LogP contribution is -2.19. The minimum Gasteiger partial charge on any atom is -0.460 e. The number of rotatable bonds is 17. The first-order valence-corrected chi connectivity index (χ1v) is 14.6. The highest BCUT2D eigenvalue weighted by atomic mass is 16.6. The van der Waals surface area contributed by atoms with Crippen molar-refractivity contribution in [3.8, 4) is 96.1 Å². The molecule has 0 fully saturated rings. The summed E-state index contributed by atoms with van der Waals surface area (Å²) in [5, 5.41) is 2.98. The summed E-state index contributed by atoms with van der Waals surface area (Å²) < 4.78 is 31.5. The van der Waals surface area contributed by atoms with Crippen molar-refractivity contribution >= 4 is 23.4 Å². The lowest BCUT2D eigenvalue weighted by Gasteiger charge is -2.12. The topological polar surface area (TPSA) is 119 Å². The van der Waals surface area contributed by atoms with Crippen LogP contribution in [-0.2, 0) is 28.4 Å². The van der Waals surface area contributed by atoms with Crippen LogP contribution < -0.4 is 5.32 Å². The molecule has 0 aliphatic rings. The van der Waals surface area contributed by atoms with Gasteiger partial charge in [0.2, 0.25) is 0 Å². The van der Waals surface area contributed by atoms with Crippen LogP contribution in [0.2, 0.25) is 0 Å². The predicted molar refractivity (Wildman–Crippen MR) is 184 cm³/mol. The van der Waals surface area contributed by atoms with Crippen molar-refractivity contribution in [3.05, 3.63) is 64.7 Å². The molecule has 1 N–H and O–H groups in total. The first-order chi connectivity index (χ1) is 24.5. The summed E-state index contributed by atoms with van der Waals surface area (Å²) in [6.45, 7) is 0.415. The normalized spacial score (nSPS) is 8.54. The first-order valence-electron chi connectivity index (χ1n) is 14.6. The second-order valence-electron chi connectivity index (χ2n) is 8.85. The van der Waals surface area contributed by atoms with Gasteiger partial charge in [0, 0.05) is 59.4 Å². The Bertz CT molecular complexity index is 1960. The van der Waals surface area contributed by atoms with E-state index in [9.17, 15) is 14.4 Å². The van der Waals surface area contributed by atoms with E-state index in [1.54, 1.807) is 31.3 Å². The van der Waals surface area contributed by atoms with Gasteiger partial charge in [-0.2, -0.15) is 0 Å². The van der Waals surface area contributed by atoms with Gasteiger partial charge in [0.1, 0.15) is 38.6 Å². The molecule has 0 heterocycles. The Morgan fingerprint density at radius 1 is 0.560 bits per heavy atom. The van der Waals surface area contributed by atoms with E-state index in [1.807, 2.05) is 0 Å². The summed E-state index contributed by atoms with van der Waals surface area (Å²) in [6, 6.07) is 10.8. The van der Waals surface area contributed by atoms with Crippen LogP contribution in [-0.4, -0.2) is 77.6 Å². The highest BCUT2D eigenvalue weighted by molar-refractivity contribution is 6.12. The van der Waals surface area contributed by atoms with Gasteiger partial charge in [-0.1, -0.05) is 6.07 Å². The van der Waals surface area contributed by atoms with E-state index in [4.69, 9.17) is 41.3 Å². The Hall–Kier alpha value is -7.15. The van der Waals surface area contributed by atoms with E-state index in [0.717, 1.165) is 5.69 Å². The maximum Gasteiger partial charge on any atom is 0.339 e. The SMILES string of the molecule is C#CC#CC#CC#COCCOCCOC(=O)c1ccc(C(=O)c2ccc(NC)cc2)cc1C(=O)OCCOCCOC#CC#CC#CC#C. The number of carbonyl (C=O) groups excluding carboxylic acids is 3. The Labute approximate surface area is 291 Å². The highest BCUT2D eigenvalue weighted by Gasteiger charge is 2.22. The van der Waals surface area contributed by atoms with Crippen molar-refractivity contribution in [2.24, 2.45) is 0 Å². The number of anilines is 1. The van der Waals surface area contributed by atoms with Gasteiger partial charge in [0.25, 0.3) is 0 Å². The molecule has 0 aliphatic heterocycles. The van der Waals surface area contributed by atoms with Gasteiger partial charge in [-0.25, -0.2) is 9.59 Å². The average molecular weight is 668 g/mol. The molecule has 2 aromatic carbocycles. The standard InChI is InChI=1S/C40H29NO9/c1-4-6-8-10-12-14-22-45-24-26-47-28-30-49-39(43)36-21-18-34(38(42)33-16-19-35(41-3)20-17-33)32-37(36)40(44)50-31-29-48-27-25-46-23-15-13-11-9-7-5-2/h1-2,16-21,32,41H,24-31H2,3H3. The molecule has 0 bridgehead atoms. The van der Waals surface area contributed by atoms with Gasteiger partial charge in [0.15, 0.2) is 5.78 Å². The molecule has 10 nitrogen and oxygen atoms in total. The number of carbonyl (C=O) groups is 3. The van der Waals surface area contributed by atoms with Crippen molar-refractivity contribution in [1.82, 2.24) is 0 Å². The quantitative estimate of drug-likeness (QED) is 0.117. The Kier molecular flexibility index (Phi) is 19.5. The van der Waals surface area contributed by atoms with Crippen LogP contribution in [0, 0.1) is 96.1 Å². The molecular formula is C40H29NO9. The predicted octanol–water partition coefficient (Wildman–Crippen LogP) is 2.54. The van der Waals surface area contributed by atoms with Crippen LogP contribution in [0.1, 0.15) is 36.6 Å². The Morgan fingerprint density at radius 2 is 1.02 bits per heavy atom. The van der Waals surface area contributed by atoms with Gasteiger partial charge in [-0.15, -0.1) is 12.8 Å². The number of hydrogen-bond donors (Lipinski definition) is 1. The Balaban J connectivity index is 1.95. The first kappa shape index (κ1) is 39.0. The van der Waals surface area contributed by atoms with Crippen LogP contribution in [0.25, 0.3) is 0 Å². The zero-order valence-corrected chi connectivity index (χ0v) is 27.0. The molecule has 0 aromatic heterocycles. The monoisotopic (exact) mass is 667 g/mol. The second kappa shape index (κ2) is 25.0. The number of ether oxygens (including phenoxy) is 6. The van der Waals surface area contributed by atoms with Gasteiger partial charge >= 0.3 is 11.9 Å². The van der Waals surface area contributed by atoms with E-state index in [1.165, 1.54) is 18.2 Å². The molecule has 10 heteroatoms. The van der Waals surface area contributed by atoms with Gasteiger partial charge in [-0.05, 0) is 71.9 Å². The van der Waals surface area contributed by atoms with Crippen LogP contribution in [0.4, 0.5) is 5.69 Å². The molecule has 0 atom stereocenters. The fourth-order valence-electron chi connectivity index (χ4n) is 3.42. The van der Waals surface area contributed by atoms with Gasteiger partial charge in [-0.3, -0.25) is 4.79 Å². The zero-order valence-electron chi connectivity index (χ0n) is 27.0. The Morgan fingerprint density at radius 3 is 1.54 bits per heavy atom. The molecule has 0 saturated carbocycles. The molecule has 0 saturated heterocycles. The van der Waals surface area contributed by atoms with Crippen molar-refractivity contribution in [2.75, 3.05) is 65.2 Å². The molecule has 2 aromatic rings. The van der Waals surface area contributed by atoms with Crippen LogP contribution in [0.15, 0.2) is 42.5 Å². The third-order valence-corrected chi connectivity index (χ3v) is 5.63. The third kappa shape index (κ3) is 15.9. The highest BCUT2D eigenvalue weighted by Crippen LogP contribution is 2.19. The summed E-state index contributed by atoms with van der Waals surface area (Å²) in [5.41, 5.74) is 1.13. The number of nitrogens with one attached hydrogen (secondary N) is 1. The van der Waals surface area contributed by atoms with E-state index in [-0.39, 0.29) is 75.3 Å². The van der Waals surface area contributed by atoms with Crippen molar-refractivity contribution in [1.29, 1.82) is 0 Å². The van der Waals surface area contributed by atoms with Crippen molar-refractivity contribution in [3.63, 3.8) is 0 Å². The number of esters is 2. The maximum atomic E-state index is 13.2. The summed E-state index contributed by atoms with van der Waals surface area (Å²) in [6.07, 6.45) is 14.7. The molecule has 2 rings (SSSR count). The van der Waals surface area contributed by atoms with Crippen LogP contribution in [0.3, 0.4) is 0 Å². The number of benzene rings is 2. The molecule has 248 valence electrons. The van der Waals surface area contributed by atoms with E-state index < -0.39 is 11.9 Å². The molecule has 0 spiro atoms. The summed E-state index contributed by atoms with van der Waals surface area (Å²) in [5.74, 6) is 26.3. The molecular weight excluding hydrogens is 638 g/mol. The minimum absolute atomic E-state index is 0.0292. The van der Waals surface area contributed by atoms with Gasteiger partial charge in [0.05, 0.1) is 37.6 Å². The summed E-state index contributed by atoms with van der Waals surface area (Å²) in [7, 11) is 1.76. The van der Waals surface area contributed by atoms with Crippen molar-refractivity contribution < 1.29 is 42.8 Å².